The van der Waals surface area contributed by atoms with E-state index in [0.717, 1.165) is 5.69 Å². The van der Waals surface area contributed by atoms with Gasteiger partial charge in [0.05, 0.1) is 24.0 Å². The maximum atomic E-state index is 11.0. The summed E-state index contributed by atoms with van der Waals surface area (Å²) < 4.78 is 3.70. The third kappa shape index (κ3) is 2.99. The third-order valence-electron chi connectivity index (χ3n) is 4.11. The van der Waals surface area contributed by atoms with Crippen LogP contribution in [0.25, 0.3) is 0 Å². The lowest BCUT2D eigenvalue weighted by atomic mass is 9.96. The van der Waals surface area contributed by atoms with E-state index in [1.807, 2.05) is 12.3 Å². The van der Waals surface area contributed by atoms with Gasteiger partial charge in [-0.3, -0.25) is 9.36 Å². The molecule has 1 saturated carbocycles. The summed E-state index contributed by atoms with van der Waals surface area (Å²) in [7, 11) is 0. The van der Waals surface area contributed by atoms with Crippen molar-refractivity contribution in [2.75, 3.05) is 0 Å². The van der Waals surface area contributed by atoms with E-state index >= 15 is 0 Å². The fourth-order valence-electron chi connectivity index (χ4n) is 2.99. The summed E-state index contributed by atoms with van der Waals surface area (Å²) in [5.74, 6) is -0.938. The molecule has 3 rings (SSSR count). The zero-order chi connectivity index (χ0) is 14.8. The largest absolute Gasteiger partial charge is 0.478 e. The van der Waals surface area contributed by atoms with Gasteiger partial charge in [-0.1, -0.05) is 19.3 Å². The van der Waals surface area contributed by atoms with Crippen LogP contribution in [-0.2, 0) is 6.54 Å². The highest BCUT2D eigenvalue weighted by Gasteiger charge is 2.17. The molecule has 0 spiro atoms. The number of carbonyl (C=O) groups is 1. The first-order valence-electron chi connectivity index (χ1n) is 7.45. The number of aromatic nitrogens is 4. The van der Waals surface area contributed by atoms with E-state index in [0.29, 0.717) is 18.3 Å². The summed E-state index contributed by atoms with van der Waals surface area (Å²) in [6.45, 7) is 2.22. The standard InChI is InChI=1S/C15H20N4O2/c1-11-14(15(20)21)10-18(16-11)9-12-7-8-19(17-12)13-5-3-2-4-6-13/h7-8,10,13H,2-6,9H2,1H3,(H,20,21). The van der Waals surface area contributed by atoms with E-state index in [1.54, 1.807) is 17.8 Å². The zero-order valence-electron chi connectivity index (χ0n) is 12.2. The Morgan fingerprint density at radius 1 is 1.33 bits per heavy atom. The number of carboxylic acids is 1. The number of rotatable bonds is 4. The topological polar surface area (TPSA) is 72.9 Å². The van der Waals surface area contributed by atoms with E-state index < -0.39 is 5.97 Å². The van der Waals surface area contributed by atoms with Crippen molar-refractivity contribution in [3.05, 3.63) is 35.4 Å². The molecule has 6 nitrogen and oxygen atoms in total. The molecule has 0 atom stereocenters. The Hall–Kier alpha value is -2.11. The van der Waals surface area contributed by atoms with Crippen LogP contribution < -0.4 is 0 Å². The third-order valence-corrected chi connectivity index (χ3v) is 4.11. The molecule has 1 N–H and O–H groups in total. The number of aromatic carboxylic acids is 1. The summed E-state index contributed by atoms with van der Waals surface area (Å²) in [6.07, 6.45) is 9.88. The molecule has 0 aliphatic heterocycles. The molecule has 0 radical (unpaired) electrons. The highest BCUT2D eigenvalue weighted by Crippen LogP contribution is 2.27. The smallest absolute Gasteiger partial charge is 0.339 e. The predicted octanol–water partition coefficient (Wildman–Crippen LogP) is 2.64. The van der Waals surface area contributed by atoms with Crippen LogP contribution in [0.15, 0.2) is 18.5 Å². The maximum Gasteiger partial charge on any atom is 0.339 e. The molecule has 0 unspecified atom stereocenters. The van der Waals surface area contributed by atoms with Crippen molar-refractivity contribution < 1.29 is 9.90 Å². The lowest BCUT2D eigenvalue weighted by Gasteiger charge is -2.21. The average Bonchev–Trinajstić information content (AvgIpc) is 3.07. The van der Waals surface area contributed by atoms with Gasteiger partial charge in [0.25, 0.3) is 0 Å². The Morgan fingerprint density at radius 2 is 2.10 bits per heavy atom. The Bertz CT molecular complexity index is 638. The van der Waals surface area contributed by atoms with Gasteiger partial charge < -0.3 is 5.11 Å². The lowest BCUT2D eigenvalue weighted by Crippen LogP contribution is -2.13. The minimum absolute atomic E-state index is 0.252. The van der Waals surface area contributed by atoms with Crippen LogP contribution in [0.2, 0.25) is 0 Å². The fourth-order valence-corrected chi connectivity index (χ4v) is 2.99. The van der Waals surface area contributed by atoms with Crippen LogP contribution in [0.4, 0.5) is 0 Å². The van der Waals surface area contributed by atoms with E-state index in [2.05, 4.69) is 14.9 Å². The molecule has 2 heterocycles. The van der Waals surface area contributed by atoms with Crippen molar-refractivity contribution in [3.8, 4) is 0 Å². The minimum Gasteiger partial charge on any atom is -0.478 e. The first-order valence-corrected chi connectivity index (χ1v) is 7.45. The summed E-state index contributed by atoms with van der Waals surface area (Å²) >= 11 is 0. The maximum absolute atomic E-state index is 11.0. The predicted molar refractivity (Wildman–Crippen MR) is 77.4 cm³/mol. The summed E-state index contributed by atoms with van der Waals surface area (Å²) in [5.41, 5.74) is 1.70. The molecule has 21 heavy (non-hydrogen) atoms. The number of aryl methyl sites for hydroxylation is 1. The number of hydrogen-bond donors (Lipinski definition) is 1. The zero-order valence-corrected chi connectivity index (χ0v) is 12.2. The second-order valence-electron chi connectivity index (χ2n) is 5.71. The first kappa shape index (κ1) is 13.9. The van der Waals surface area contributed by atoms with Crippen molar-refractivity contribution in [2.45, 2.75) is 51.6 Å². The van der Waals surface area contributed by atoms with E-state index in [-0.39, 0.29) is 5.56 Å². The van der Waals surface area contributed by atoms with Crippen molar-refractivity contribution in [3.63, 3.8) is 0 Å². The summed E-state index contributed by atoms with van der Waals surface area (Å²) in [4.78, 5) is 11.0. The Balaban J connectivity index is 1.72. The second-order valence-corrected chi connectivity index (χ2v) is 5.71. The summed E-state index contributed by atoms with van der Waals surface area (Å²) in [5, 5.41) is 17.9. The van der Waals surface area contributed by atoms with Crippen molar-refractivity contribution >= 4 is 5.97 Å². The van der Waals surface area contributed by atoms with E-state index in [9.17, 15) is 4.79 Å². The molecule has 112 valence electrons. The van der Waals surface area contributed by atoms with Gasteiger partial charge in [0.15, 0.2) is 0 Å². The molecule has 0 aromatic carbocycles. The van der Waals surface area contributed by atoms with Crippen LogP contribution in [0.5, 0.6) is 0 Å². The molecule has 1 fully saturated rings. The van der Waals surface area contributed by atoms with Gasteiger partial charge in [-0.2, -0.15) is 10.2 Å². The van der Waals surface area contributed by atoms with Crippen molar-refractivity contribution in [1.82, 2.24) is 19.6 Å². The number of hydrogen-bond acceptors (Lipinski definition) is 3. The van der Waals surface area contributed by atoms with Gasteiger partial charge in [0.1, 0.15) is 5.56 Å². The number of carboxylic acid groups (broad SMARTS) is 1. The molecule has 1 aliphatic carbocycles. The Morgan fingerprint density at radius 3 is 2.76 bits per heavy atom. The lowest BCUT2D eigenvalue weighted by molar-refractivity contribution is 0.0696. The highest BCUT2D eigenvalue weighted by atomic mass is 16.4. The van der Waals surface area contributed by atoms with Gasteiger partial charge in [-0.15, -0.1) is 0 Å². The Kier molecular flexibility index (Phi) is 3.77. The fraction of sp³-hybridized carbons (Fsp3) is 0.533. The second kappa shape index (κ2) is 5.71. The highest BCUT2D eigenvalue weighted by molar-refractivity contribution is 5.88. The van der Waals surface area contributed by atoms with Gasteiger partial charge in [0, 0.05) is 12.4 Å². The van der Waals surface area contributed by atoms with Crippen LogP contribution >= 0.6 is 0 Å². The quantitative estimate of drug-likeness (QED) is 0.938. The van der Waals surface area contributed by atoms with Gasteiger partial charge >= 0.3 is 5.97 Å². The molecular formula is C15H20N4O2. The molecule has 2 aromatic heterocycles. The van der Waals surface area contributed by atoms with E-state index in [4.69, 9.17) is 5.11 Å². The molecule has 6 heteroatoms. The Labute approximate surface area is 123 Å². The SMILES string of the molecule is Cc1nn(Cc2ccn(C3CCCCC3)n2)cc1C(=O)O. The van der Waals surface area contributed by atoms with Gasteiger partial charge in [0.2, 0.25) is 0 Å². The van der Waals surface area contributed by atoms with Crippen LogP contribution in [0.1, 0.15) is 59.9 Å². The molecule has 1 aliphatic rings. The number of nitrogens with zero attached hydrogens (tertiary/aromatic N) is 4. The monoisotopic (exact) mass is 288 g/mol. The minimum atomic E-state index is -0.938. The van der Waals surface area contributed by atoms with Gasteiger partial charge in [-0.05, 0) is 25.8 Å². The van der Waals surface area contributed by atoms with Crippen molar-refractivity contribution in [2.24, 2.45) is 0 Å². The molecule has 2 aromatic rings. The first-order chi connectivity index (χ1) is 10.1. The van der Waals surface area contributed by atoms with Crippen LogP contribution in [0, 0.1) is 6.92 Å². The summed E-state index contributed by atoms with van der Waals surface area (Å²) in [6, 6.07) is 2.51. The average molecular weight is 288 g/mol. The molecule has 0 amide bonds. The molecule has 0 bridgehead atoms. The molecule has 0 saturated heterocycles. The van der Waals surface area contributed by atoms with Crippen LogP contribution in [0.3, 0.4) is 0 Å². The normalized spacial score (nSPS) is 16.2. The van der Waals surface area contributed by atoms with Crippen molar-refractivity contribution in [1.29, 1.82) is 0 Å². The van der Waals surface area contributed by atoms with E-state index in [1.165, 1.54) is 32.1 Å². The van der Waals surface area contributed by atoms with Crippen LogP contribution in [-0.4, -0.2) is 30.6 Å². The molecular weight excluding hydrogens is 268 g/mol. The van der Waals surface area contributed by atoms with Gasteiger partial charge in [-0.25, -0.2) is 4.79 Å².